The Balaban J connectivity index is 2.11. The van der Waals surface area contributed by atoms with Crippen LogP contribution in [0.1, 0.15) is 11.1 Å². The number of benzene rings is 1. The summed E-state index contributed by atoms with van der Waals surface area (Å²) in [6.07, 6.45) is 0. The second kappa shape index (κ2) is 4.05. The minimum Gasteiger partial charge on any atom is -0.351 e. The minimum absolute atomic E-state index is 0.136. The summed E-state index contributed by atoms with van der Waals surface area (Å²) in [5.74, 6) is 1.07. The highest BCUT2D eigenvalue weighted by Crippen LogP contribution is 2.33. The van der Waals surface area contributed by atoms with Crippen molar-refractivity contribution < 1.29 is 4.92 Å². The van der Waals surface area contributed by atoms with Gasteiger partial charge < -0.3 is 4.98 Å². The summed E-state index contributed by atoms with van der Waals surface area (Å²) in [7, 11) is 0. The fourth-order valence-electron chi connectivity index (χ4n) is 2.08. The largest absolute Gasteiger partial charge is 0.351 e. The number of nitrogens with one attached hydrogen (secondary N) is 2. The van der Waals surface area contributed by atoms with Crippen LogP contribution in [0, 0.1) is 10.1 Å². The zero-order valence-electron chi connectivity index (χ0n) is 8.97. The summed E-state index contributed by atoms with van der Waals surface area (Å²) in [5, 5.41) is 15.4. The molecule has 1 aromatic carbocycles. The number of fused-ring (bicyclic) bond motifs is 1. The number of nitrogens with zero attached hydrogens (tertiary/aromatic N) is 1. The average molecular weight is 249 g/mol. The fourth-order valence-corrected chi connectivity index (χ4v) is 3.09. The molecule has 0 spiro atoms. The van der Waals surface area contributed by atoms with E-state index in [1.807, 2.05) is 23.9 Å². The second-order valence-corrected chi connectivity index (χ2v) is 5.14. The summed E-state index contributed by atoms with van der Waals surface area (Å²) in [4.78, 5) is 13.7. The second-order valence-electron chi connectivity index (χ2n) is 3.93. The molecule has 0 aliphatic carbocycles. The Labute approximate surface area is 102 Å². The molecule has 1 unspecified atom stereocenters. The standard InChI is InChI=1S/C11H11N3O2S/c15-14(16)9-3-1-2-7-6-8(13-10(7)9)11-12-4-5-17-11/h1-3,6,11-13H,4-5H2. The Bertz CT molecular complexity index is 575. The predicted octanol–water partition coefficient (Wildman–Crippen LogP) is 2.41. The number of aromatic amines is 1. The molecule has 0 saturated carbocycles. The van der Waals surface area contributed by atoms with Gasteiger partial charge in [0, 0.05) is 29.4 Å². The molecule has 88 valence electrons. The van der Waals surface area contributed by atoms with E-state index in [0.29, 0.717) is 5.52 Å². The highest BCUT2D eigenvalue weighted by Gasteiger charge is 2.21. The molecule has 2 heterocycles. The maximum absolute atomic E-state index is 10.9. The van der Waals surface area contributed by atoms with Crippen LogP contribution < -0.4 is 5.32 Å². The Kier molecular flexibility index (Phi) is 2.53. The molecular weight excluding hydrogens is 238 g/mol. The van der Waals surface area contributed by atoms with Crippen molar-refractivity contribution in [2.75, 3.05) is 12.3 Å². The molecule has 1 aliphatic heterocycles. The summed E-state index contributed by atoms with van der Waals surface area (Å²) in [5.41, 5.74) is 1.76. The first-order chi connectivity index (χ1) is 8.25. The van der Waals surface area contributed by atoms with Gasteiger partial charge in [0.05, 0.1) is 10.3 Å². The van der Waals surface area contributed by atoms with Crippen LogP contribution in [0.3, 0.4) is 0 Å². The molecule has 2 aromatic rings. The van der Waals surface area contributed by atoms with Gasteiger partial charge in [0.2, 0.25) is 0 Å². The van der Waals surface area contributed by atoms with Crippen LogP contribution in [0.25, 0.3) is 10.9 Å². The molecular formula is C11H11N3O2S. The maximum atomic E-state index is 10.9. The van der Waals surface area contributed by atoms with Crippen molar-refractivity contribution in [3.05, 3.63) is 40.1 Å². The molecule has 1 aromatic heterocycles. The van der Waals surface area contributed by atoms with Crippen LogP contribution in [-0.2, 0) is 0 Å². The van der Waals surface area contributed by atoms with E-state index >= 15 is 0 Å². The van der Waals surface area contributed by atoms with Gasteiger partial charge >= 0.3 is 0 Å². The molecule has 5 nitrogen and oxygen atoms in total. The van der Waals surface area contributed by atoms with E-state index in [0.717, 1.165) is 23.4 Å². The van der Waals surface area contributed by atoms with Crippen LogP contribution >= 0.6 is 11.8 Å². The molecule has 0 bridgehead atoms. The SMILES string of the molecule is O=[N+]([O-])c1cccc2cc(C3NCCS3)[nH]c12. The molecule has 1 atom stereocenters. The Morgan fingerprint density at radius 3 is 3.06 bits per heavy atom. The number of nitro groups is 1. The zero-order chi connectivity index (χ0) is 11.8. The number of rotatable bonds is 2. The van der Waals surface area contributed by atoms with Crippen molar-refractivity contribution in [3.63, 3.8) is 0 Å². The van der Waals surface area contributed by atoms with Crippen LogP contribution in [0.5, 0.6) is 0 Å². The highest BCUT2D eigenvalue weighted by molar-refractivity contribution is 7.99. The van der Waals surface area contributed by atoms with Gasteiger partial charge in [-0.3, -0.25) is 15.4 Å². The van der Waals surface area contributed by atoms with E-state index in [4.69, 9.17) is 0 Å². The normalized spacial score (nSPS) is 19.9. The van der Waals surface area contributed by atoms with E-state index in [9.17, 15) is 10.1 Å². The number of aromatic nitrogens is 1. The van der Waals surface area contributed by atoms with Crippen molar-refractivity contribution in [2.45, 2.75) is 5.37 Å². The van der Waals surface area contributed by atoms with Crippen molar-refractivity contribution in [3.8, 4) is 0 Å². The maximum Gasteiger partial charge on any atom is 0.293 e. The molecule has 2 N–H and O–H groups in total. The average Bonchev–Trinajstić information content (AvgIpc) is 2.96. The number of non-ortho nitro benzene ring substituents is 1. The van der Waals surface area contributed by atoms with Gasteiger partial charge in [0.15, 0.2) is 0 Å². The van der Waals surface area contributed by atoms with Crippen molar-refractivity contribution >= 4 is 28.4 Å². The molecule has 0 amide bonds. The molecule has 6 heteroatoms. The van der Waals surface area contributed by atoms with Crippen molar-refractivity contribution in [1.82, 2.24) is 10.3 Å². The number of hydrogen-bond acceptors (Lipinski definition) is 4. The predicted molar refractivity (Wildman–Crippen MR) is 68.2 cm³/mol. The molecule has 0 radical (unpaired) electrons. The fraction of sp³-hybridized carbons (Fsp3) is 0.273. The van der Waals surface area contributed by atoms with E-state index in [2.05, 4.69) is 10.3 Å². The highest BCUT2D eigenvalue weighted by atomic mass is 32.2. The molecule has 1 aliphatic rings. The monoisotopic (exact) mass is 249 g/mol. The minimum atomic E-state index is -0.349. The van der Waals surface area contributed by atoms with Crippen LogP contribution in [0.2, 0.25) is 0 Å². The van der Waals surface area contributed by atoms with Crippen LogP contribution in [0.15, 0.2) is 24.3 Å². The first-order valence-electron chi connectivity index (χ1n) is 5.37. The zero-order valence-corrected chi connectivity index (χ0v) is 9.79. The van der Waals surface area contributed by atoms with E-state index < -0.39 is 0 Å². The Morgan fingerprint density at radius 2 is 2.35 bits per heavy atom. The summed E-state index contributed by atoms with van der Waals surface area (Å²) in [6, 6.07) is 7.12. The van der Waals surface area contributed by atoms with E-state index in [1.54, 1.807) is 6.07 Å². The molecule has 3 rings (SSSR count). The van der Waals surface area contributed by atoms with E-state index in [-0.39, 0.29) is 16.0 Å². The topological polar surface area (TPSA) is 71.0 Å². The Morgan fingerprint density at radius 1 is 1.47 bits per heavy atom. The lowest BCUT2D eigenvalue weighted by atomic mass is 10.2. The lowest BCUT2D eigenvalue weighted by Gasteiger charge is -2.05. The summed E-state index contributed by atoms with van der Waals surface area (Å²) < 4.78 is 0. The van der Waals surface area contributed by atoms with Crippen LogP contribution in [-0.4, -0.2) is 22.2 Å². The molecule has 1 fully saturated rings. The smallest absolute Gasteiger partial charge is 0.293 e. The van der Waals surface area contributed by atoms with Gasteiger partial charge in [-0.05, 0) is 6.07 Å². The first kappa shape index (κ1) is 10.6. The van der Waals surface area contributed by atoms with Crippen molar-refractivity contribution in [2.24, 2.45) is 0 Å². The number of nitro benzene ring substituents is 1. The lowest BCUT2D eigenvalue weighted by Crippen LogP contribution is -2.12. The number of thioether (sulfide) groups is 1. The number of para-hydroxylation sites is 1. The van der Waals surface area contributed by atoms with Gasteiger partial charge in [-0.15, -0.1) is 11.8 Å². The van der Waals surface area contributed by atoms with Gasteiger partial charge in [0.1, 0.15) is 5.52 Å². The summed E-state index contributed by atoms with van der Waals surface area (Å²) in [6.45, 7) is 0.979. The Hall–Kier alpha value is -1.53. The third-order valence-corrected chi connectivity index (χ3v) is 4.04. The van der Waals surface area contributed by atoms with Gasteiger partial charge in [0.25, 0.3) is 5.69 Å². The lowest BCUT2D eigenvalue weighted by molar-refractivity contribution is -0.383. The number of H-pyrrole nitrogens is 1. The third kappa shape index (κ3) is 1.79. The third-order valence-electron chi connectivity index (χ3n) is 2.85. The quantitative estimate of drug-likeness (QED) is 0.633. The number of hydrogen-bond donors (Lipinski definition) is 2. The molecule has 1 saturated heterocycles. The van der Waals surface area contributed by atoms with Crippen molar-refractivity contribution in [1.29, 1.82) is 0 Å². The van der Waals surface area contributed by atoms with Gasteiger partial charge in [-0.2, -0.15) is 0 Å². The summed E-state index contributed by atoms with van der Waals surface area (Å²) >= 11 is 1.81. The first-order valence-corrected chi connectivity index (χ1v) is 6.41. The van der Waals surface area contributed by atoms with Crippen LogP contribution in [0.4, 0.5) is 5.69 Å². The van der Waals surface area contributed by atoms with Gasteiger partial charge in [-0.1, -0.05) is 12.1 Å². The molecule has 17 heavy (non-hydrogen) atoms. The van der Waals surface area contributed by atoms with Gasteiger partial charge in [-0.25, -0.2) is 0 Å². The van der Waals surface area contributed by atoms with E-state index in [1.165, 1.54) is 6.07 Å².